The van der Waals surface area contributed by atoms with Gasteiger partial charge in [0.15, 0.2) is 0 Å². The Bertz CT molecular complexity index is 706. The van der Waals surface area contributed by atoms with Gasteiger partial charge >= 0.3 is 0 Å². The van der Waals surface area contributed by atoms with Crippen molar-refractivity contribution in [2.45, 2.75) is 4.90 Å². The van der Waals surface area contributed by atoms with E-state index in [1.807, 2.05) is 18.2 Å². The number of benzene rings is 1. The topological polar surface area (TPSA) is 36.4 Å². The van der Waals surface area contributed by atoms with Crippen molar-refractivity contribution in [2.75, 3.05) is 36.8 Å². The number of carbonyl (C=O) groups excluding carboxylic acids is 1. The molecule has 1 aromatic carbocycles. The van der Waals surface area contributed by atoms with Crippen molar-refractivity contribution in [1.82, 2.24) is 9.88 Å². The maximum Gasteiger partial charge on any atom is 0.233 e. The zero-order valence-corrected chi connectivity index (χ0v) is 13.8. The predicted octanol–water partition coefficient (Wildman–Crippen LogP) is 2.80. The van der Waals surface area contributed by atoms with Crippen molar-refractivity contribution >= 4 is 23.5 Å². The van der Waals surface area contributed by atoms with Crippen LogP contribution in [0.1, 0.15) is 0 Å². The van der Waals surface area contributed by atoms with Crippen LogP contribution in [-0.4, -0.2) is 47.7 Å². The molecule has 1 saturated heterocycles. The zero-order valence-electron chi connectivity index (χ0n) is 13.0. The summed E-state index contributed by atoms with van der Waals surface area (Å²) in [6.07, 6.45) is 1.75. The lowest BCUT2D eigenvalue weighted by Gasteiger charge is -2.35. The maximum atomic E-state index is 13.6. The third kappa shape index (κ3) is 4.03. The lowest BCUT2D eigenvalue weighted by atomic mass is 10.3. The number of hydrogen-bond donors (Lipinski definition) is 0. The molecule has 0 bridgehead atoms. The molecule has 126 valence electrons. The van der Waals surface area contributed by atoms with Gasteiger partial charge in [-0.25, -0.2) is 13.8 Å². The molecule has 1 fully saturated rings. The number of thioether (sulfide) groups is 1. The third-order valence-electron chi connectivity index (χ3n) is 3.85. The van der Waals surface area contributed by atoms with Gasteiger partial charge in [-0.1, -0.05) is 6.07 Å². The van der Waals surface area contributed by atoms with Gasteiger partial charge in [0.1, 0.15) is 17.5 Å². The van der Waals surface area contributed by atoms with E-state index in [4.69, 9.17) is 0 Å². The quantitative estimate of drug-likeness (QED) is 0.796. The number of nitrogens with zero attached hydrogens (tertiary/aromatic N) is 3. The van der Waals surface area contributed by atoms with Crippen LogP contribution in [0.25, 0.3) is 0 Å². The Morgan fingerprint density at radius 2 is 1.92 bits per heavy atom. The van der Waals surface area contributed by atoms with Crippen molar-refractivity contribution in [3.63, 3.8) is 0 Å². The van der Waals surface area contributed by atoms with Gasteiger partial charge in [0.05, 0.1) is 5.75 Å². The molecule has 0 radical (unpaired) electrons. The highest BCUT2D eigenvalue weighted by atomic mass is 32.2. The number of carbonyl (C=O) groups is 1. The van der Waals surface area contributed by atoms with Crippen LogP contribution < -0.4 is 4.90 Å². The molecule has 1 aliphatic heterocycles. The van der Waals surface area contributed by atoms with E-state index in [9.17, 15) is 13.6 Å². The van der Waals surface area contributed by atoms with E-state index in [1.54, 1.807) is 11.1 Å². The standard InChI is InChI=1S/C17H17F2N3OS/c18-13-4-5-15(14(19)11-13)24-12-17(23)22-9-7-21(8-10-22)16-3-1-2-6-20-16/h1-6,11H,7-10,12H2. The number of pyridine rings is 1. The Labute approximate surface area is 143 Å². The number of aromatic nitrogens is 1. The van der Waals surface area contributed by atoms with Crippen LogP contribution in [0.3, 0.4) is 0 Å². The first-order valence-corrected chi connectivity index (χ1v) is 8.63. The molecule has 2 heterocycles. The van der Waals surface area contributed by atoms with Crippen LogP contribution in [0, 0.1) is 11.6 Å². The van der Waals surface area contributed by atoms with Crippen LogP contribution >= 0.6 is 11.8 Å². The molecule has 24 heavy (non-hydrogen) atoms. The van der Waals surface area contributed by atoms with Crippen LogP contribution in [0.15, 0.2) is 47.5 Å². The smallest absolute Gasteiger partial charge is 0.233 e. The first-order chi connectivity index (χ1) is 11.6. The summed E-state index contributed by atoms with van der Waals surface area (Å²) >= 11 is 1.10. The second-order valence-corrected chi connectivity index (χ2v) is 6.44. The molecule has 7 heteroatoms. The van der Waals surface area contributed by atoms with E-state index >= 15 is 0 Å². The fourth-order valence-corrected chi connectivity index (χ4v) is 3.37. The minimum atomic E-state index is -0.632. The summed E-state index contributed by atoms with van der Waals surface area (Å²) in [6, 6.07) is 9.15. The molecule has 0 atom stereocenters. The number of hydrogen-bond acceptors (Lipinski definition) is 4. The second-order valence-electron chi connectivity index (χ2n) is 5.42. The molecule has 0 spiro atoms. The summed E-state index contributed by atoms with van der Waals surface area (Å²) in [6.45, 7) is 2.67. The van der Waals surface area contributed by atoms with Gasteiger partial charge in [0, 0.05) is 43.3 Å². The number of halogens is 2. The molecule has 1 amide bonds. The molecule has 0 N–H and O–H groups in total. The van der Waals surface area contributed by atoms with Gasteiger partial charge in [-0.15, -0.1) is 11.8 Å². The molecule has 1 aromatic heterocycles. The monoisotopic (exact) mass is 349 g/mol. The largest absolute Gasteiger partial charge is 0.353 e. The Balaban J connectivity index is 1.50. The van der Waals surface area contributed by atoms with Crippen LogP contribution in [0.2, 0.25) is 0 Å². The minimum Gasteiger partial charge on any atom is -0.353 e. The highest BCUT2D eigenvalue weighted by molar-refractivity contribution is 8.00. The van der Waals surface area contributed by atoms with Crippen molar-refractivity contribution in [1.29, 1.82) is 0 Å². The van der Waals surface area contributed by atoms with Crippen LogP contribution in [-0.2, 0) is 4.79 Å². The van der Waals surface area contributed by atoms with E-state index in [0.717, 1.165) is 36.7 Å². The summed E-state index contributed by atoms with van der Waals surface area (Å²) in [7, 11) is 0. The van der Waals surface area contributed by atoms with Gasteiger partial charge in [-0.2, -0.15) is 0 Å². The molecule has 4 nitrogen and oxygen atoms in total. The Hall–Kier alpha value is -2.15. The highest BCUT2D eigenvalue weighted by Gasteiger charge is 2.22. The molecule has 0 saturated carbocycles. The van der Waals surface area contributed by atoms with Gasteiger partial charge in [-0.05, 0) is 24.3 Å². The molecular weight excluding hydrogens is 332 g/mol. The Morgan fingerprint density at radius 1 is 1.12 bits per heavy atom. The summed E-state index contributed by atoms with van der Waals surface area (Å²) in [5.41, 5.74) is 0. The van der Waals surface area contributed by atoms with Crippen molar-refractivity contribution in [2.24, 2.45) is 0 Å². The summed E-state index contributed by atoms with van der Waals surface area (Å²) in [4.78, 5) is 20.8. The summed E-state index contributed by atoms with van der Waals surface area (Å²) < 4.78 is 26.5. The molecule has 2 aromatic rings. The normalized spacial score (nSPS) is 14.8. The van der Waals surface area contributed by atoms with Gasteiger partial charge in [0.25, 0.3) is 0 Å². The SMILES string of the molecule is O=C(CSc1ccc(F)cc1F)N1CCN(c2ccccn2)CC1. The molecular formula is C17H17F2N3OS. The van der Waals surface area contributed by atoms with Crippen molar-refractivity contribution in [3.8, 4) is 0 Å². The van der Waals surface area contributed by atoms with Gasteiger partial charge in [0.2, 0.25) is 5.91 Å². The van der Waals surface area contributed by atoms with Gasteiger partial charge < -0.3 is 9.80 Å². The van der Waals surface area contributed by atoms with Crippen LogP contribution in [0.5, 0.6) is 0 Å². The fourth-order valence-electron chi connectivity index (χ4n) is 2.55. The molecule has 0 unspecified atom stereocenters. The van der Waals surface area contributed by atoms with Crippen molar-refractivity contribution < 1.29 is 13.6 Å². The number of rotatable bonds is 4. The Morgan fingerprint density at radius 3 is 2.58 bits per heavy atom. The zero-order chi connectivity index (χ0) is 16.9. The highest BCUT2D eigenvalue weighted by Crippen LogP contribution is 2.23. The third-order valence-corrected chi connectivity index (χ3v) is 4.88. The van der Waals surface area contributed by atoms with Gasteiger partial charge in [-0.3, -0.25) is 4.79 Å². The van der Waals surface area contributed by atoms with E-state index in [0.29, 0.717) is 13.1 Å². The average molecular weight is 349 g/mol. The molecule has 3 rings (SSSR count). The van der Waals surface area contributed by atoms with E-state index < -0.39 is 11.6 Å². The van der Waals surface area contributed by atoms with Crippen LogP contribution in [0.4, 0.5) is 14.6 Å². The average Bonchev–Trinajstić information content (AvgIpc) is 2.62. The lowest BCUT2D eigenvalue weighted by molar-refractivity contribution is -0.128. The lowest BCUT2D eigenvalue weighted by Crippen LogP contribution is -2.49. The van der Waals surface area contributed by atoms with E-state index in [2.05, 4.69) is 9.88 Å². The Kier molecular flexibility index (Phi) is 5.30. The predicted molar refractivity (Wildman–Crippen MR) is 90.1 cm³/mol. The van der Waals surface area contributed by atoms with Crippen molar-refractivity contribution in [3.05, 3.63) is 54.2 Å². The maximum absolute atomic E-state index is 13.6. The number of piperazine rings is 1. The second kappa shape index (κ2) is 7.61. The number of amides is 1. The first-order valence-electron chi connectivity index (χ1n) is 7.65. The summed E-state index contributed by atoms with van der Waals surface area (Å²) in [5.74, 6) is -0.232. The first kappa shape index (κ1) is 16.7. The number of anilines is 1. The molecule has 0 aliphatic carbocycles. The van der Waals surface area contributed by atoms with E-state index in [1.165, 1.54) is 12.1 Å². The minimum absolute atomic E-state index is 0.0376. The summed E-state index contributed by atoms with van der Waals surface area (Å²) in [5, 5.41) is 0. The van der Waals surface area contributed by atoms with E-state index in [-0.39, 0.29) is 16.6 Å². The molecule has 1 aliphatic rings. The fraction of sp³-hybridized carbons (Fsp3) is 0.294.